The first-order valence-corrected chi connectivity index (χ1v) is 6.90. The van der Waals surface area contributed by atoms with Crippen molar-refractivity contribution in [2.75, 3.05) is 0 Å². The molecule has 1 heterocycles. The molecule has 1 aromatic heterocycles. The largest absolute Gasteiger partial charge is 0.425 e. The molecule has 0 aliphatic carbocycles. The molecule has 0 aliphatic rings. The molecule has 0 N–H and O–H groups in total. The highest BCUT2D eigenvalue weighted by Crippen LogP contribution is 2.25. The van der Waals surface area contributed by atoms with Gasteiger partial charge in [-0.05, 0) is 52.5 Å². The third-order valence-corrected chi connectivity index (χ3v) is 3.56. The van der Waals surface area contributed by atoms with Crippen LogP contribution in [0.4, 0.5) is 0 Å². The van der Waals surface area contributed by atoms with Crippen LogP contribution < -0.4 is 4.74 Å². The molecule has 0 bridgehead atoms. The van der Waals surface area contributed by atoms with E-state index in [1.807, 2.05) is 19.1 Å². The molecule has 0 aliphatic heterocycles. The zero-order chi connectivity index (χ0) is 13.8. The van der Waals surface area contributed by atoms with Crippen molar-refractivity contribution in [1.29, 1.82) is 0 Å². The summed E-state index contributed by atoms with van der Waals surface area (Å²) in [6, 6.07) is 8.80. The zero-order valence-electron chi connectivity index (χ0n) is 10.1. The van der Waals surface area contributed by atoms with E-state index in [2.05, 4.69) is 0 Å². The van der Waals surface area contributed by atoms with Crippen molar-refractivity contribution in [3.63, 3.8) is 0 Å². The molecule has 0 fully saturated rings. The second-order valence-corrected chi connectivity index (χ2v) is 5.13. The average Bonchev–Trinajstić information content (AvgIpc) is 2.85. The minimum absolute atomic E-state index is 0.436. The molecule has 2 aromatic rings. The first-order valence-electron chi connectivity index (χ1n) is 5.58. The maximum Gasteiger partial charge on any atom is 0.327 e. The second kappa shape index (κ2) is 5.99. The van der Waals surface area contributed by atoms with Gasteiger partial charge in [0.05, 0.1) is 0 Å². The van der Waals surface area contributed by atoms with Gasteiger partial charge in [0.15, 0.2) is 5.92 Å². The second-order valence-electron chi connectivity index (χ2n) is 3.98. The molecule has 1 unspecified atom stereocenters. The van der Waals surface area contributed by atoms with Gasteiger partial charge in [0.2, 0.25) is 5.24 Å². The van der Waals surface area contributed by atoms with Gasteiger partial charge in [0, 0.05) is 0 Å². The lowest BCUT2D eigenvalue weighted by atomic mass is 10.0. The van der Waals surface area contributed by atoms with Crippen LogP contribution in [0.3, 0.4) is 0 Å². The number of carbonyl (C=O) groups is 2. The van der Waals surface area contributed by atoms with Gasteiger partial charge in [-0.3, -0.25) is 9.59 Å². The molecule has 0 saturated carbocycles. The summed E-state index contributed by atoms with van der Waals surface area (Å²) >= 11 is 6.89. The van der Waals surface area contributed by atoms with Gasteiger partial charge in [0.1, 0.15) is 5.75 Å². The van der Waals surface area contributed by atoms with Gasteiger partial charge in [-0.2, -0.15) is 11.3 Å². The molecule has 1 aromatic carbocycles. The van der Waals surface area contributed by atoms with Crippen LogP contribution in [0.25, 0.3) is 0 Å². The number of carbonyl (C=O) groups excluding carboxylic acids is 2. The number of hydrogen-bond acceptors (Lipinski definition) is 4. The zero-order valence-corrected chi connectivity index (χ0v) is 11.7. The highest BCUT2D eigenvalue weighted by atomic mass is 35.5. The summed E-state index contributed by atoms with van der Waals surface area (Å²) in [5, 5.41) is 2.75. The molecule has 0 spiro atoms. The van der Waals surface area contributed by atoms with Crippen LogP contribution >= 0.6 is 22.9 Å². The fourth-order valence-corrected chi connectivity index (χ4v) is 2.54. The molecule has 0 amide bonds. The van der Waals surface area contributed by atoms with Crippen molar-refractivity contribution < 1.29 is 14.3 Å². The van der Waals surface area contributed by atoms with Gasteiger partial charge in [-0.15, -0.1) is 0 Å². The molecule has 5 heteroatoms. The smallest absolute Gasteiger partial charge is 0.327 e. The predicted octanol–water partition coefficient (Wildman–Crippen LogP) is 3.51. The van der Waals surface area contributed by atoms with E-state index < -0.39 is 17.1 Å². The fraction of sp³-hybridized carbons (Fsp3) is 0.143. The highest BCUT2D eigenvalue weighted by molar-refractivity contribution is 7.08. The SMILES string of the molecule is Cc1ccccc1OC(=O)C(C(=O)Cl)c1ccsc1. The molecule has 0 saturated heterocycles. The van der Waals surface area contributed by atoms with Gasteiger partial charge in [-0.25, -0.2) is 0 Å². The lowest BCUT2D eigenvalue weighted by Gasteiger charge is -2.12. The van der Waals surface area contributed by atoms with E-state index in [0.717, 1.165) is 5.56 Å². The summed E-state index contributed by atoms with van der Waals surface area (Å²) in [7, 11) is 0. The minimum Gasteiger partial charge on any atom is -0.425 e. The van der Waals surface area contributed by atoms with Gasteiger partial charge < -0.3 is 4.74 Å². The Morgan fingerprint density at radius 2 is 2.00 bits per heavy atom. The van der Waals surface area contributed by atoms with Crippen molar-refractivity contribution in [1.82, 2.24) is 0 Å². The van der Waals surface area contributed by atoms with Crippen molar-refractivity contribution in [3.8, 4) is 5.75 Å². The number of aryl methyl sites for hydroxylation is 1. The molecule has 98 valence electrons. The van der Waals surface area contributed by atoms with Gasteiger partial charge in [0.25, 0.3) is 0 Å². The third-order valence-electron chi connectivity index (χ3n) is 2.64. The van der Waals surface area contributed by atoms with E-state index in [1.54, 1.807) is 29.0 Å². The molecule has 1 atom stereocenters. The Balaban J connectivity index is 2.22. The first kappa shape index (κ1) is 13.8. The van der Waals surface area contributed by atoms with Gasteiger partial charge in [-0.1, -0.05) is 18.2 Å². The van der Waals surface area contributed by atoms with Crippen LogP contribution in [0.2, 0.25) is 0 Å². The van der Waals surface area contributed by atoms with Crippen LogP contribution in [-0.2, 0) is 9.59 Å². The van der Waals surface area contributed by atoms with Crippen molar-refractivity contribution in [2.45, 2.75) is 12.8 Å². The summed E-state index contributed by atoms with van der Waals surface area (Å²) in [6.07, 6.45) is 0. The van der Waals surface area contributed by atoms with Crippen LogP contribution in [0.15, 0.2) is 41.1 Å². The standard InChI is InChI=1S/C14H11ClO3S/c1-9-4-2-3-5-11(9)18-14(17)12(13(15)16)10-6-7-19-8-10/h2-8,12H,1H3. The van der Waals surface area contributed by atoms with Crippen LogP contribution in [0.1, 0.15) is 17.0 Å². The number of thiophene rings is 1. The van der Waals surface area contributed by atoms with E-state index in [-0.39, 0.29) is 0 Å². The Kier molecular flexibility index (Phi) is 4.35. The van der Waals surface area contributed by atoms with Crippen molar-refractivity contribution >= 4 is 34.1 Å². The van der Waals surface area contributed by atoms with E-state index in [9.17, 15) is 9.59 Å². The number of para-hydroxylation sites is 1. The summed E-state index contributed by atoms with van der Waals surface area (Å²) < 4.78 is 5.25. The number of rotatable bonds is 4. The number of esters is 1. The van der Waals surface area contributed by atoms with Crippen molar-refractivity contribution in [3.05, 3.63) is 52.2 Å². The molecular formula is C14H11ClO3S. The maximum atomic E-state index is 12.1. The van der Waals surface area contributed by atoms with E-state index in [0.29, 0.717) is 11.3 Å². The summed E-state index contributed by atoms with van der Waals surface area (Å²) in [5.41, 5.74) is 1.38. The first-order chi connectivity index (χ1) is 9.09. The predicted molar refractivity (Wildman–Crippen MR) is 74.7 cm³/mol. The quantitative estimate of drug-likeness (QED) is 0.375. The molecule has 0 radical (unpaired) electrons. The number of hydrogen-bond donors (Lipinski definition) is 0. The summed E-state index contributed by atoms with van der Waals surface area (Å²) in [4.78, 5) is 23.5. The highest BCUT2D eigenvalue weighted by Gasteiger charge is 2.29. The molecular weight excluding hydrogens is 284 g/mol. The lowest BCUT2D eigenvalue weighted by Crippen LogP contribution is -2.23. The fourth-order valence-electron chi connectivity index (χ4n) is 1.64. The summed E-state index contributed by atoms with van der Waals surface area (Å²) in [5.74, 6) is -1.30. The topological polar surface area (TPSA) is 43.4 Å². The minimum atomic E-state index is -1.08. The van der Waals surface area contributed by atoms with Crippen LogP contribution in [-0.4, -0.2) is 11.2 Å². The molecule has 19 heavy (non-hydrogen) atoms. The molecule has 3 nitrogen and oxygen atoms in total. The Morgan fingerprint density at radius 3 is 2.58 bits per heavy atom. The monoisotopic (exact) mass is 294 g/mol. The van der Waals surface area contributed by atoms with Crippen LogP contribution in [0, 0.1) is 6.92 Å². The van der Waals surface area contributed by atoms with E-state index in [1.165, 1.54) is 11.3 Å². The Bertz CT molecular complexity index is 592. The maximum absolute atomic E-state index is 12.1. The summed E-state index contributed by atoms with van der Waals surface area (Å²) in [6.45, 7) is 1.82. The van der Waals surface area contributed by atoms with Crippen molar-refractivity contribution in [2.24, 2.45) is 0 Å². The van der Waals surface area contributed by atoms with Crippen LogP contribution in [0.5, 0.6) is 5.75 Å². The average molecular weight is 295 g/mol. The Labute approximate surface area is 119 Å². The number of ether oxygens (including phenoxy) is 1. The van der Waals surface area contributed by atoms with E-state index in [4.69, 9.17) is 16.3 Å². The Morgan fingerprint density at radius 1 is 1.26 bits per heavy atom. The molecule has 2 rings (SSSR count). The normalized spacial score (nSPS) is 11.9. The Hall–Kier alpha value is -1.65. The van der Waals surface area contributed by atoms with Gasteiger partial charge >= 0.3 is 5.97 Å². The third kappa shape index (κ3) is 3.22. The van der Waals surface area contributed by atoms with E-state index >= 15 is 0 Å². The number of halogens is 1. The lowest BCUT2D eigenvalue weighted by molar-refractivity contribution is -0.138. The number of benzene rings is 1.